The van der Waals surface area contributed by atoms with E-state index in [2.05, 4.69) is 27.7 Å². The molecule has 1 aromatic carbocycles. The number of benzene rings is 1. The second-order valence-electron chi connectivity index (χ2n) is 11.4. The average Bonchev–Trinajstić information content (AvgIpc) is 2.85. The first kappa shape index (κ1) is 25.9. The first-order valence-corrected chi connectivity index (χ1v) is 11.8. The highest BCUT2D eigenvalue weighted by atomic mass is 16.7. The minimum absolute atomic E-state index is 0.163. The van der Waals surface area contributed by atoms with Gasteiger partial charge in [0, 0.05) is 6.42 Å². The van der Waals surface area contributed by atoms with E-state index in [4.69, 9.17) is 23.5 Å². The molecule has 2 atom stereocenters. The molecule has 0 bridgehead atoms. The molecule has 0 amide bonds. The summed E-state index contributed by atoms with van der Waals surface area (Å²) in [6, 6.07) is 8.14. The Labute approximate surface area is 199 Å². The topological polar surface area (TPSA) is 63.2 Å². The van der Waals surface area contributed by atoms with E-state index in [9.17, 15) is 4.79 Å². The summed E-state index contributed by atoms with van der Waals surface area (Å²) in [7, 11) is -0.374. The van der Waals surface area contributed by atoms with Gasteiger partial charge < -0.3 is 23.5 Å². The summed E-state index contributed by atoms with van der Waals surface area (Å²) in [5.74, 6) is -1.04. The molecule has 2 aliphatic heterocycles. The third kappa shape index (κ3) is 6.92. The van der Waals surface area contributed by atoms with Crippen LogP contribution in [0.3, 0.4) is 0 Å². The highest BCUT2D eigenvalue weighted by Gasteiger charge is 2.51. The number of esters is 1. The lowest BCUT2D eigenvalue weighted by Gasteiger charge is -2.39. The zero-order valence-corrected chi connectivity index (χ0v) is 21.6. The SMILES string of the molecule is CC(C)(C)OC(=O)C[C@H]1C[C@@H](C=Cc2ccc(B3OC(C)(C)C(C)(C)O3)cc2)OC(C)(C)O1. The van der Waals surface area contributed by atoms with Crippen molar-refractivity contribution in [3.8, 4) is 0 Å². The van der Waals surface area contributed by atoms with Crippen molar-refractivity contribution in [3.05, 3.63) is 35.9 Å². The molecule has 0 aliphatic carbocycles. The summed E-state index contributed by atoms with van der Waals surface area (Å²) in [6.07, 6.45) is 4.43. The molecule has 0 spiro atoms. The Bertz CT molecular complexity index is 850. The van der Waals surface area contributed by atoms with Crippen molar-refractivity contribution in [2.45, 2.75) is 110 Å². The van der Waals surface area contributed by atoms with Gasteiger partial charge in [-0.3, -0.25) is 4.79 Å². The van der Waals surface area contributed by atoms with Gasteiger partial charge in [0.1, 0.15) is 5.60 Å². The lowest BCUT2D eigenvalue weighted by atomic mass is 9.79. The van der Waals surface area contributed by atoms with Crippen LogP contribution in [0.5, 0.6) is 0 Å². The Balaban J connectivity index is 1.62. The minimum atomic E-state index is -0.777. The largest absolute Gasteiger partial charge is 0.494 e. The third-order valence-corrected chi connectivity index (χ3v) is 6.16. The molecule has 2 aliphatic rings. The lowest BCUT2D eigenvalue weighted by molar-refractivity contribution is -0.290. The van der Waals surface area contributed by atoms with E-state index >= 15 is 0 Å². The zero-order chi connectivity index (χ0) is 24.7. The maximum Gasteiger partial charge on any atom is 0.494 e. The highest BCUT2D eigenvalue weighted by molar-refractivity contribution is 6.62. The first-order valence-electron chi connectivity index (χ1n) is 11.8. The predicted molar refractivity (Wildman–Crippen MR) is 130 cm³/mol. The Morgan fingerprint density at radius 1 is 1.03 bits per heavy atom. The van der Waals surface area contributed by atoms with Crippen LogP contribution in [0.1, 0.15) is 80.7 Å². The van der Waals surface area contributed by atoms with Crippen molar-refractivity contribution in [2.24, 2.45) is 0 Å². The predicted octanol–water partition coefficient (Wildman–Crippen LogP) is 4.64. The summed E-state index contributed by atoms with van der Waals surface area (Å²) in [6.45, 7) is 17.5. The average molecular weight is 458 g/mol. The molecule has 2 saturated heterocycles. The fraction of sp³-hybridized carbons (Fsp3) is 0.654. The van der Waals surface area contributed by atoms with Crippen molar-refractivity contribution in [1.29, 1.82) is 0 Å². The van der Waals surface area contributed by atoms with Gasteiger partial charge in [0.2, 0.25) is 0 Å². The van der Waals surface area contributed by atoms with E-state index in [-0.39, 0.29) is 42.9 Å². The normalized spacial score (nSPS) is 26.5. The van der Waals surface area contributed by atoms with Gasteiger partial charge in [0.25, 0.3) is 0 Å². The highest BCUT2D eigenvalue weighted by Crippen LogP contribution is 2.36. The van der Waals surface area contributed by atoms with Crippen LogP contribution in [-0.2, 0) is 28.3 Å². The van der Waals surface area contributed by atoms with Crippen LogP contribution < -0.4 is 5.46 Å². The molecule has 7 heteroatoms. The van der Waals surface area contributed by atoms with Gasteiger partial charge in [-0.15, -0.1) is 0 Å². The Kier molecular flexibility index (Phi) is 7.22. The molecule has 182 valence electrons. The number of ether oxygens (including phenoxy) is 3. The Morgan fingerprint density at radius 3 is 2.15 bits per heavy atom. The molecule has 2 heterocycles. The third-order valence-electron chi connectivity index (χ3n) is 6.16. The minimum Gasteiger partial charge on any atom is -0.460 e. The fourth-order valence-corrected chi connectivity index (χ4v) is 3.92. The van der Waals surface area contributed by atoms with Crippen molar-refractivity contribution in [1.82, 2.24) is 0 Å². The van der Waals surface area contributed by atoms with Crippen molar-refractivity contribution < 1.29 is 28.3 Å². The molecule has 3 rings (SSSR count). The van der Waals surface area contributed by atoms with Gasteiger partial charge in [-0.25, -0.2) is 0 Å². The molecule has 0 aromatic heterocycles. The lowest BCUT2D eigenvalue weighted by Crippen LogP contribution is -2.45. The number of carbonyl (C=O) groups excluding carboxylic acids is 1. The molecule has 6 nitrogen and oxygen atoms in total. The molecule has 0 unspecified atom stereocenters. The fourth-order valence-electron chi connectivity index (χ4n) is 3.92. The van der Waals surface area contributed by atoms with Crippen LogP contribution in [0.2, 0.25) is 0 Å². The molecule has 1 aromatic rings. The smallest absolute Gasteiger partial charge is 0.460 e. The molecule has 33 heavy (non-hydrogen) atoms. The Morgan fingerprint density at radius 2 is 1.61 bits per heavy atom. The second kappa shape index (κ2) is 9.18. The van der Waals surface area contributed by atoms with Crippen LogP contribution in [0.25, 0.3) is 6.08 Å². The number of hydrogen-bond acceptors (Lipinski definition) is 6. The summed E-state index contributed by atoms with van der Waals surface area (Å²) in [5, 5.41) is 0. The molecular weight excluding hydrogens is 419 g/mol. The van der Waals surface area contributed by atoms with Crippen LogP contribution in [0.15, 0.2) is 30.3 Å². The molecule has 0 radical (unpaired) electrons. The van der Waals surface area contributed by atoms with Gasteiger partial charge in [0.05, 0.1) is 29.8 Å². The number of carbonyl (C=O) groups is 1. The van der Waals surface area contributed by atoms with E-state index in [0.717, 1.165) is 11.0 Å². The van der Waals surface area contributed by atoms with E-state index in [1.807, 2.05) is 71.0 Å². The monoisotopic (exact) mass is 458 g/mol. The maximum atomic E-state index is 12.3. The summed E-state index contributed by atoms with van der Waals surface area (Å²) in [4.78, 5) is 12.3. The first-order chi connectivity index (χ1) is 15.1. The van der Waals surface area contributed by atoms with E-state index < -0.39 is 11.4 Å². The van der Waals surface area contributed by atoms with Crippen LogP contribution in [-0.4, -0.2) is 47.9 Å². The number of hydrogen-bond donors (Lipinski definition) is 0. The van der Waals surface area contributed by atoms with Crippen LogP contribution in [0, 0.1) is 0 Å². The van der Waals surface area contributed by atoms with Gasteiger partial charge in [-0.05, 0) is 73.3 Å². The van der Waals surface area contributed by atoms with Gasteiger partial charge in [-0.2, -0.15) is 0 Å². The summed E-state index contributed by atoms with van der Waals surface area (Å²) < 4.78 is 29.7. The number of rotatable bonds is 5. The van der Waals surface area contributed by atoms with Gasteiger partial charge in [-0.1, -0.05) is 36.4 Å². The van der Waals surface area contributed by atoms with Crippen molar-refractivity contribution >= 4 is 24.6 Å². The quantitative estimate of drug-likeness (QED) is 0.473. The second-order valence-corrected chi connectivity index (χ2v) is 11.4. The molecule has 0 saturated carbocycles. The summed E-state index contributed by atoms with van der Waals surface area (Å²) in [5.41, 5.74) is 0.806. The molecule has 2 fully saturated rings. The van der Waals surface area contributed by atoms with E-state index in [1.54, 1.807) is 0 Å². The standard InChI is InChI=1S/C26H39BO6/c1-23(2,3)31-22(28)17-21-16-20(29-26(8,9)30-21)15-12-18-10-13-19(14-11-18)27-32-24(4,5)25(6,7)33-27/h10-15,20-21H,16-17H2,1-9H3/t20-,21-/m1/s1. The van der Waals surface area contributed by atoms with Crippen molar-refractivity contribution in [3.63, 3.8) is 0 Å². The maximum absolute atomic E-state index is 12.3. The zero-order valence-electron chi connectivity index (χ0n) is 21.6. The van der Waals surface area contributed by atoms with E-state index in [0.29, 0.717) is 6.42 Å². The molecule has 0 N–H and O–H groups in total. The van der Waals surface area contributed by atoms with Gasteiger partial charge >= 0.3 is 13.1 Å². The van der Waals surface area contributed by atoms with Gasteiger partial charge in [0.15, 0.2) is 5.79 Å². The molecular formula is C26H39BO6. The Hall–Kier alpha value is -1.67. The van der Waals surface area contributed by atoms with Crippen LogP contribution >= 0.6 is 0 Å². The van der Waals surface area contributed by atoms with E-state index in [1.165, 1.54) is 0 Å². The summed E-state index contributed by atoms with van der Waals surface area (Å²) >= 11 is 0. The van der Waals surface area contributed by atoms with Crippen molar-refractivity contribution in [2.75, 3.05) is 0 Å². The van der Waals surface area contributed by atoms with Crippen LogP contribution in [0.4, 0.5) is 0 Å².